The van der Waals surface area contributed by atoms with E-state index in [0.717, 1.165) is 0 Å². The van der Waals surface area contributed by atoms with Gasteiger partial charge in [0.1, 0.15) is 0 Å². The van der Waals surface area contributed by atoms with Crippen LogP contribution in [0.1, 0.15) is 2.85 Å². The molecule has 0 aromatic carbocycles. The van der Waals surface area contributed by atoms with Crippen molar-refractivity contribution in [3.05, 3.63) is 0 Å². The molecular weight excluding hydrogens is 574 g/mol. The van der Waals surface area contributed by atoms with E-state index in [4.69, 9.17) is 0 Å². The van der Waals surface area contributed by atoms with Gasteiger partial charge in [0.2, 0.25) is 0 Å². The van der Waals surface area contributed by atoms with Crippen LogP contribution in [0.15, 0.2) is 0 Å². The van der Waals surface area contributed by atoms with Crippen LogP contribution >= 0.6 is 0 Å². The molecule has 0 nitrogen and oxygen atoms in total. The van der Waals surface area contributed by atoms with Crippen molar-refractivity contribution in [3.8, 4) is 0 Å². The van der Waals surface area contributed by atoms with Gasteiger partial charge in [-0.05, 0) is 11.0 Å². The van der Waals surface area contributed by atoms with Crippen molar-refractivity contribution in [2.24, 2.45) is 0 Å². The van der Waals surface area contributed by atoms with E-state index in [1.54, 1.807) is 0 Å². The van der Waals surface area contributed by atoms with Crippen molar-refractivity contribution < 1.29 is 95.3 Å². The SMILES string of the molecule is [AlH3].[Cu].[Fe].[H-].[H-].[Mg+2].[Mn].[PbH2].[SiH4].[Ti].[Zn]. The Kier molecular flexibility index (Phi) is 710. The van der Waals surface area contributed by atoms with Crippen LogP contribution in [-0.2, 0) is 92.4 Å². The van der Waals surface area contributed by atoms with E-state index < -0.39 is 0 Å². The van der Waals surface area contributed by atoms with Gasteiger partial charge in [-0.2, -0.15) is 0 Å². The van der Waals surface area contributed by atoms with Gasteiger partial charge in [0, 0.05) is 92.4 Å². The quantitative estimate of drug-likeness (QED) is 0.257. The summed E-state index contributed by atoms with van der Waals surface area (Å²) < 4.78 is 0. The van der Waals surface area contributed by atoms with Crippen LogP contribution in [-0.4, -0.2) is 78.7 Å². The normalized spacial score (nSPS) is 0. The smallest absolute Gasteiger partial charge is 0 e. The first-order valence-corrected chi connectivity index (χ1v) is 0. The monoisotopic (exact) mass is 584 g/mol. The Balaban J connectivity index is 0. The summed E-state index contributed by atoms with van der Waals surface area (Å²) in [7, 11) is 0. The first-order valence-electron chi connectivity index (χ1n) is 0. The molecule has 0 aromatic heterocycles. The van der Waals surface area contributed by atoms with Crippen molar-refractivity contribution in [1.29, 1.82) is 0 Å². The van der Waals surface area contributed by atoms with Gasteiger partial charge in [-0.25, -0.2) is 0 Å². The first kappa shape index (κ1) is 89.6. The molecule has 0 aliphatic rings. The van der Waals surface area contributed by atoms with Gasteiger partial charge in [-0.1, -0.05) is 0 Å². The molecule has 0 amide bonds. The molecular formula is H11AlCuFeMgMnPbSiTiZn. The third-order valence-electron chi connectivity index (χ3n) is 0. The molecule has 0 unspecified atom stereocenters. The molecule has 0 fully saturated rings. The third-order valence-corrected chi connectivity index (χ3v) is 0. The molecule has 0 saturated carbocycles. The fraction of sp³-hybridized carbons (Fsp3) is 0. The fourth-order valence-electron chi connectivity index (χ4n) is 0. The molecule has 0 bridgehead atoms. The number of rotatable bonds is 0. The molecule has 0 rings (SSSR count). The molecule has 0 saturated heterocycles. The molecule has 9 heteroatoms. The Labute approximate surface area is 170 Å². The zero-order valence-corrected chi connectivity index (χ0v) is 18.3. The number of hydrogen-bond donors (Lipinski definition) is 0. The average molecular weight is 585 g/mol. The predicted molar refractivity (Wildman–Crippen MR) is 37.8 cm³/mol. The van der Waals surface area contributed by atoms with Crippen molar-refractivity contribution in [3.63, 3.8) is 0 Å². The van der Waals surface area contributed by atoms with Gasteiger partial charge in [0.15, 0.2) is 17.4 Å². The standard InChI is InChI=1S/Al.Cu.Fe.Mg.Mn.Pb.H4Si.Ti.Zn.7H/h;;;;;;1H4;;;;;;;;;/q;;;+2;;;;;;;;;;;2*-1. The molecule has 9 heavy (non-hydrogen) atoms. The van der Waals surface area contributed by atoms with Gasteiger partial charge in [-0.15, -0.1) is 0 Å². The molecule has 0 aromatic rings. The molecule has 0 aliphatic heterocycles. The number of hydrogen-bond acceptors (Lipinski definition) is 0. The van der Waals surface area contributed by atoms with E-state index in [9.17, 15) is 0 Å². The van der Waals surface area contributed by atoms with E-state index in [-0.39, 0.29) is 174 Å². The Morgan fingerprint density at radius 1 is 1.11 bits per heavy atom. The van der Waals surface area contributed by atoms with Gasteiger partial charge in [-0.3, -0.25) is 0 Å². The molecule has 56 valence electrons. The van der Waals surface area contributed by atoms with E-state index >= 15 is 0 Å². The summed E-state index contributed by atoms with van der Waals surface area (Å²) in [6.45, 7) is 0. The topological polar surface area (TPSA) is 0 Å². The Morgan fingerprint density at radius 2 is 1.11 bits per heavy atom. The fourth-order valence-corrected chi connectivity index (χ4v) is 0. The van der Waals surface area contributed by atoms with Crippen LogP contribution < -0.4 is 0 Å². The minimum atomic E-state index is 0. The summed E-state index contributed by atoms with van der Waals surface area (Å²) in [5.41, 5.74) is 0. The molecule has 0 aliphatic carbocycles. The van der Waals surface area contributed by atoms with Crippen molar-refractivity contribution in [2.45, 2.75) is 0 Å². The van der Waals surface area contributed by atoms with E-state index in [2.05, 4.69) is 0 Å². The maximum atomic E-state index is 0. The molecule has 4 radical (unpaired) electrons. The average Bonchev–Trinajstić information content (AvgIpc) is 0. The summed E-state index contributed by atoms with van der Waals surface area (Å²) in [5, 5.41) is 0. The van der Waals surface area contributed by atoms with E-state index in [1.807, 2.05) is 0 Å². The van der Waals surface area contributed by atoms with Gasteiger partial charge < -0.3 is 2.85 Å². The predicted octanol–water partition coefficient (Wildman–Crippen LogP) is -3.72. The first-order chi connectivity index (χ1) is 0. The Hall–Kier alpha value is 5.33. The second kappa shape index (κ2) is 71.3. The van der Waals surface area contributed by atoms with Crippen LogP contribution in [0, 0.1) is 0 Å². The van der Waals surface area contributed by atoms with Crippen LogP contribution in [0.4, 0.5) is 0 Å². The van der Waals surface area contributed by atoms with Crippen LogP contribution in [0.3, 0.4) is 0 Å². The summed E-state index contributed by atoms with van der Waals surface area (Å²) in [5.74, 6) is 0. The van der Waals surface area contributed by atoms with Gasteiger partial charge in [0.25, 0.3) is 0 Å². The van der Waals surface area contributed by atoms with Crippen molar-refractivity contribution >= 4 is 78.7 Å². The molecule has 0 atom stereocenters. The van der Waals surface area contributed by atoms with Crippen LogP contribution in [0.25, 0.3) is 0 Å². The van der Waals surface area contributed by atoms with Gasteiger partial charge in [0.05, 0.1) is 0 Å². The van der Waals surface area contributed by atoms with E-state index in [0.29, 0.717) is 0 Å². The maximum Gasteiger partial charge on any atom is 0 e. The Morgan fingerprint density at radius 3 is 1.11 bits per heavy atom. The van der Waals surface area contributed by atoms with E-state index in [1.165, 1.54) is 0 Å². The van der Waals surface area contributed by atoms with Crippen molar-refractivity contribution in [1.82, 2.24) is 0 Å². The zero-order chi connectivity index (χ0) is 0. The summed E-state index contributed by atoms with van der Waals surface area (Å²) in [6.07, 6.45) is 0. The third kappa shape index (κ3) is 60.2. The maximum absolute atomic E-state index is 0. The second-order valence-electron chi connectivity index (χ2n) is 0. The summed E-state index contributed by atoms with van der Waals surface area (Å²) in [4.78, 5) is 0. The second-order valence-corrected chi connectivity index (χ2v) is 0. The summed E-state index contributed by atoms with van der Waals surface area (Å²) in [6, 6.07) is 0. The molecule has 0 spiro atoms. The molecule has 0 heterocycles. The van der Waals surface area contributed by atoms with Crippen LogP contribution in [0.5, 0.6) is 0 Å². The molecule has 0 N–H and O–H groups in total. The minimum absolute atomic E-state index is 0. The largest absolute Gasteiger partial charge is 0.0149 e. The van der Waals surface area contributed by atoms with Gasteiger partial charge >= 0.3 is 50.4 Å². The van der Waals surface area contributed by atoms with Crippen molar-refractivity contribution in [2.75, 3.05) is 0 Å². The van der Waals surface area contributed by atoms with Crippen LogP contribution in [0.2, 0.25) is 0 Å². The Bertz CT molecular complexity index is 36.1. The minimum Gasteiger partial charge on any atom is -0.0149 e. The zero-order valence-electron chi connectivity index (χ0n) is 5.65. The summed E-state index contributed by atoms with van der Waals surface area (Å²) >= 11 is 0.